The Morgan fingerprint density at radius 2 is 2.04 bits per heavy atom. The first-order valence-corrected chi connectivity index (χ1v) is 10.0. The average Bonchev–Trinajstić information content (AvgIpc) is 2.56. The highest BCUT2D eigenvalue weighted by Gasteiger charge is 2.13. The summed E-state index contributed by atoms with van der Waals surface area (Å²) in [5, 5.41) is 11.6. The Hall–Kier alpha value is -1.64. The number of sulfonamides is 1. The highest BCUT2D eigenvalue weighted by atomic mass is 32.2. The van der Waals surface area contributed by atoms with Crippen LogP contribution >= 0.6 is 0 Å². The Bertz CT molecular complexity index is 660. The van der Waals surface area contributed by atoms with Crippen LogP contribution in [0.4, 0.5) is 0 Å². The van der Waals surface area contributed by atoms with E-state index in [1.54, 1.807) is 19.2 Å². The van der Waals surface area contributed by atoms with Gasteiger partial charge in [-0.15, -0.1) is 0 Å². The van der Waals surface area contributed by atoms with Gasteiger partial charge in [-0.2, -0.15) is 0 Å². The third-order valence-corrected chi connectivity index (χ3v) is 4.67. The van der Waals surface area contributed by atoms with Crippen molar-refractivity contribution in [3.63, 3.8) is 0 Å². The summed E-state index contributed by atoms with van der Waals surface area (Å²) in [6, 6.07) is 6.53. The third-order valence-electron chi connectivity index (χ3n) is 3.76. The largest absolute Gasteiger partial charge is 0.378 e. The molecule has 8 heteroatoms. The van der Waals surface area contributed by atoms with Gasteiger partial charge in [-0.1, -0.05) is 26.0 Å². The lowest BCUT2D eigenvalue weighted by Gasteiger charge is -2.21. The van der Waals surface area contributed by atoms with E-state index in [0.29, 0.717) is 25.0 Å². The van der Waals surface area contributed by atoms with Gasteiger partial charge in [0.15, 0.2) is 5.96 Å². The highest BCUT2D eigenvalue weighted by Crippen LogP contribution is 2.10. The van der Waals surface area contributed by atoms with E-state index < -0.39 is 10.0 Å². The van der Waals surface area contributed by atoms with E-state index in [1.807, 2.05) is 13.0 Å². The molecular formula is C17H30N4O3S. The number of rotatable bonds is 9. The zero-order valence-corrected chi connectivity index (χ0v) is 16.3. The second kappa shape index (κ2) is 10.4. The summed E-state index contributed by atoms with van der Waals surface area (Å²) in [5.41, 5.74) is 0.809. The number of benzene rings is 1. The fourth-order valence-corrected chi connectivity index (χ4v) is 2.98. The topological polar surface area (TPSA) is 106 Å². The summed E-state index contributed by atoms with van der Waals surface area (Å²) in [6.07, 6.45) is 1.09. The molecular weight excluding hydrogens is 340 g/mol. The Kier molecular flexibility index (Phi) is 8.88. The van der Waals surface area contributed by atoms with E-state index in [4.69, 9.17) is 9.88 Å². The molecule has 1 aromatic rings. The molecule has 0 saturated carbocycles. The van der Waals surface area contributed by atoms with Crippen molar-refractivity contribution in [2.24, 2.45) is 16.0 Å². The van der Waals surface area contributed by atoms with E-state index >= 15 is 0 Å². The van der Waals surface area contributed by atoms with Gasteiger partial charge in [0.25, 0.3) is 0 Å². The minimum atomic E-state index is -3.69. The van der Waals surface area contributed by atoms with Crippen LogP contribution in [-0.4, -0.2) is 40.7 Å². The van der Waals surface area contributed by atoms with E-state index in [2.05, 4.69) is 29.5 Å². The maximum Gasteiger partial charge on any atom is 0.238 e. The van der Waals surface area contributed by atoms with E-state index in [1.165, 1.54) is 6.07 Å². The number of nitrogens with zero attached hydrogens (tertiary/aromatic N) is 1. The van der Waals surface area contributed by atoms with Crippen LogP contribution in [-0.2, 0) is 21.3 Å². The molecule has 0 heterocycles. The molecule has 0 bridgehead atoms. The van der Waals surface area contributed by atoms with E-state index in [-0.39, 0.29) is 11.0 Å². The first-order chi connectivity index (χ1) is 11.8. The van der Waals surface area contributed by atoms with Gasteiger partial charge in [0.2, 0.25) is 10.0 Å². The van der Waals surface area contributed by atoms with Gasteiger partial charge in [0.1, 0.15) is 0 Å². The first-order valence-electron chi connectivity index (χ1n) is 8.45. The van der Waals surface area contributed by atoms with Crippen molar-refractivity contribution in [3.8, 4) is 0 Å². The molecule has 1 aromatic carbocycles. The maximum atomic E-state index is 11.4. The number of nitrogens with two attached hydrogens (primary N) is 1. The molecule has 0 saturated heterocycles. The summed E-state index contributed by atoms with van der Waals surface area (Å²) >= 11 is 0. The Balaban J connectivity index is 2.52. The van der Waals surface area contributed by atoms with Crippen LogP contribution < -0.4 is 15.8 Å². The van der Waals surface area contributed by atoms with Crippen molar-refractivity contribution < 1.29 is 13.2 Å². The molecule has 0 aromatic heterocycles. The first kappa shape index (κ1) is 21.4. The quantitative estimate of drug-likeness (QED) is 0.451. The molecule has 1 rings (SSSR count). The van der Waals surface area contributed by atoms with Gasteiger partial charge in [-0.05, 0) is 37.0 Å². The summed E-state index contributed by atoms with van der Waals surface area (Å²) < 4.78 is 28.5. The molecule has 0 spiro atoms. The van der Waals surface area contributed by atoms with Crippen molar-refractivity contribution in [2.45, 2.75) is 44.7 Å². The minimum absolute atomic E-state index is 0.103. The molecule has 0 amide bonds. The number of guanidine groups is 1. The molecule has 0 aliphatic heterocycles. The summed E-state index contributed by atoms with van der Waals surface area (Å²) in [5.74, 6) is 1.11. The van der Waals surface area contributed by atoms with Crippen LogP contribution in [0.15, 0.2) is 34.2 Å². The minimum Gasteiger partial charge on any atom is -0.378 e. The molecule has 7 nitrogen and oxygen atoms in total. The molecule has 1 unspecified atom stereocenters. The number of hydrogen-bond donors (Lipinski definition) is 3. The van der Waals surface area contributed by atoms with Crippen molar-refractivity contribution in [3.05, 3.63) is 29.8 Å². The van der Waals surface area contributed by atoms with Gasteiger partial charge >= 0.3 is 0 Å². The second-order valence-corrected chi connectivity index (χ2v) is 7.63. The second-order valence-electron chi connectivity index (χ2n) is 6.07. The van der Waals surface area contributed by atoms with E-state index in [0.717, 1.165) is 18.5 Å². The number of aliphatic imine (C=N–C) groups is 1. The van der Waals surface area contributed by atoms with Crippen LogP contribution in [0.1, 0.15) is 32.8 Å². The molecule has 0 aliphatic carbocycles. The Morgan fingerprint density at radius 3 is 2.60 bits per heavy atom. The van der Waals surface area contributed by atoms with Crippen molar-refractivity contribution in [2.75, 3.05) is 20.2 Å². The predicted octanol–water partition coefficient (Wildman–Crippen LogP) is 1.45. The molecule has 142 valence electrons. The van der Waals surface area contributed by atoms with Gasteiger partial charge in [0, 0.05) is 26.7 Å². The molecule has 25 heavy (non-hydrogen) atoms. The number of ether oxygens (including phenoxy) is 1. The van der Waals surface area contributed by atoms with Crippen LogP contribution in [0.25, 0.3) is 0 Å². The maximum absolute atomic E-state index is 11.4. The van der Waals surface area contributed by atoms with Gasteiger partial charge in [-0.3, -0.25) is 4.99 Å². The molecule has 1 atom stereocenters. The lowest BCUT2D eigenvalue weighted by molar-refractivity contribution is 0.0258. The molecule has 0 aliphatic rings. The fraction of sp³-hybridized carbons (Fsp3) is 0.588. The average molecular weight is 371 g/mol. The number of nitrogens with one attached hydrogen (secondary N) is 2. The van der Waals surface area contributed by atoms with Crippen LogP contribution in [0.2, 0.25) is 0 Å². The number of primary sulfonamides is 1. The highest BCUT2D eigenvalue weighted by molar-refractivity contribution is 7.89. The predicted molar refractivity (Wildman–Crippen MR) is 101 cm³/mol. The normalized spacial score (nSPS) is 13.8. The molecule has 0 fully saturated rings. The lowest BCUT2D eigenvalue weighted by atomic mass is 10.0. The van der Waals surface area contributed by atoms with Crippen LogP contribution in [0, 0.1) is 5.92 Å². The molecule has 4 N–H and O–H groups in total. The van der Waals surface area contributed by atoms with Gasteiger partial charge in [-0.25, -0.2) is 13.6 Å². The molecule has 0 radical (unpaired) electrons. The Labute approximate surface area is 151 Å². The Morgan fingerprint density at radius 1 is 1.32 bits per heavy atom. The smallest absolute Gasteiger partial charge is 0.238 e. The number of hydrogen-bond acceptors (Lipinski definition) is 4. The third kappa shape index (κ3) is 7.85. The monoisotopic (exact) mass is 370 g/mol. The lowest BCUT2D eigenvalue weighted by Crippen LogP contribution is -2.39. The zero-order chi connectivity index (χ0) is 18.9. The van der Waals surface area contributed by atoms with Gasteiger partial charge < -0.3 is 15.4 Å². The van der Waals surface area contributed by atoms with Crippen LogP contribution in [0.3, 0.4) is 0 Å². The zero-order valence-electron chi connectivity index (χ0n) is 15.5. The van der Waals surface area contributed by atoms with Crippen molar-refractivity contribution in [1.29, 1.82) is 0 Å². The van der Waals surface area contributed by atoms with E-state index in [9.17, 15) is 8.42 Å². The standard InChI is InChI=1S/C17H30N4O3S/c1-5-24-16(13(2)3)9-10-20-17(19-4)21-12-14-7-6-8-15(11-14)25(18,22)23/h6-8,11,13,16H,5,9-10,12H2,1-4H3,(H2,18,22,23)(H2,19,20,21). The van der Waals surface area contributed by atoms with Gasteiger partial charge in [0.05, 0.1) is 11.0 Å². The van der Waals surface area contributed by atoms with Crippen molar-refractivity contribution in [1.82, 2.24) is 10.6 Å². The van der Waals surface area contributed by atoms with Crippen LogP contribution in [0.5, 0.6) is 0 Å². The van der Waals surface area contributed by atoms with Crippen molar-refractivity contribution >= 4 is 16.0 Å². The summed E-state index contributed by atoms with van der Waals surface area (Å²) in [7, 11) is -2.00. The fourth-order valence-electron chi connectivity index (χ4n) is 2.39. The SMILES string of the molecule is CCOC(CCNC(=NC)NCc1cccc(S(N)(=O)=O)c1)C(C)C. The summed E-state index contributed by atoms with van der Waals surface area (Å²) in [6.45, 7) is 8.18. The summed E-state index contributed by atoms with van der Waals surface area (Å²) in [4.78, 5) is 4.28.